The Bertz CT molecular complexity index is 256. The van der Waals surface area contributed by atoms with E-state index in [9.17, 15) is 0 Å². The van der Waals surface area contributed by atoms with Crippen molar-refractivity contribution < 1.29 is 9.30 Å². The first-order valence-corrected chi connectivity index (χ1v) is 5.92. The lowest BCUT2D eigenvalue weighted by Crippen LogP contribution is -2.34. The summed E-state index contributed by atoms with van der Waals surface area (Å²) in [6.45, 7) is 5.92. The summed E-state index contributed by atoms with van der Waals surface area (Å²) < 4.78 is 7.63. The highest BCUT2D eigenvalue weighted by Crippen LogP contribution is 1.96. The molecule has 0 amide bonds. The maximum Gasteiger partial charge on any atom is 0.252 e. The van der Waals surface area contributed by atoms with Crippen LogP contribution in [0.5, 0.6) is 0 Å². The number of ether oxygens (including phenoxy) is 1. The molecule has 84 valence electrons. The number of rotatable bonds is 7. The van der Waals surface area contributed by atoms with E-state index in [1.807, 2.05) is 0 Å². The van der Waals surface area contributed by atoms with Crippen LogP contribution in [0.3, 0.4) is 0 Å². The van der Waals surface area contributed by atoms with Crippen molar-refractivity contribution in [3.63, 3.8) is 0 Å². The number of aryl methyl sites for hydroxylation is 1. The molecule has 0 radical (unpaired) electrons. The molecule has 0 saturated heterocycles. The van der Waals surface area contributed by atoms with Crippen molar-refractivity contribution >= 4 is 0 Å². The van der Waals surface area contributed by atoms with E-state index in [1.165, 1.54) is 24.8 Å². The van der Waals surface area contributed by atoms with Crippen LogP contribution < -0.4 is 4.57 Å². The summed E-state index contributed by atoms with van der Waals surface area (Å²) in [4.78, 5) is 0. The van der Waals surface area contributed by atoms with E-state index < -0.39 is 0 Å². The van der Waals surface area contributed by atoms with Gasteiger partial charge in [0, 0.05) is 12.1 Å². The van der Waals surface area contributed by atoms with Gasteiger partial charge in [0.2, 0.25) is 0 Å². The number of hydrogen-bond donors (Lipinski definition) is 0. The Hall–Kier alpha value is -0.890. The van der Waals surface area contributed by atoms with Crippen molar-refractivity contribution in [2.24, 2.45) is 0 Å². The zero-order valence-electron chi connectivity index (χ0n) is 9.91. The Morgan fingerprint density at radius 2 is 1.87 bits per heavy atom. The number of aromatic nitrogens is 1. The van der Waals surface area contributed by atoms with Crippen LogP contribution in [0.2, 0.25) is 0 Å². The summed E-state index contributed by atoms with van der Waals surface area (Å²) in [5, 5.41) is 0. The number of hydrogen-bond acceptors (Lipinski definition) is 1. The van der Waals surface area contributed by atoms with Crippen LogP contribution in [0.1, 0.15) is 38.7 Å². The molecule has 1 heterocycles. The van der Waals surface area contributed by atoms with E-state index in [4.69, 9.17) is 4.74 Å². The van der Waals surface area contributed by atoms with Gasteiger partial charge < -0.3 is 4.74 Å². The Kier molecular flexibility index (Phi) is 6.02. The summed E-state index contributed by atoms with van der Waals surface area (Å²) >= 11 is 0. The van der Waals surface area contributed by atoms with Crippen LogP contribution in [0.4, 0.5) is 0 Å². The van der Waals surface area contributed by atoms with Gasteiger partial charge >= 0.3 is 0 Å². The Morgan fingerprint density at radius 1 is 1.13 bits per heavy atom. The molecule has 0 spiro atoms. The normalized spacial score (nSPS) is 10.5. The average Bonchev–Trinajstić information content (AvgIpc) is 2.30. The van der Waals surface area contributed by atoms with Crippen LogP contribution in [-0.4, -0.2) is 6.61 Å². The summed E-state index contributed by atoms with van der Waals surface area (Å²) in [6, 6.07) is 4.30. The van der Waals surface area contributed by atoms with Crippen LogP contribution in [0.25, 0.3) is 0 Å². The van der Waals surface area contributed by atoms with E-state index in [0.29, 0.717) is 6.73 Å². The Morgan fingerprint density at radius 3 is 2.47 bits per heavy atom. The minimum Gasteiger partial charge on any atom is -0.323 e. The maximum absolute atomic E-state index is 5.56. The highest BCUT2D eigenvalue weighted by molar-refractivity contribution is 5.06. The van der Waals surface area contributed by atoms with Gasteiger partial charge in [-0.25, -0.2) is 0 Å². The molecule has 0 saturated carbocycles. The van der Waals surface area contributed by atoms with E-state index in [-0.39, 0.29) is 0 Å². The minimum atomic E-state index is 0.674. The second kappa shape index (κ2) is 7.41. The van der Waals surface area contributed by atoms with E-state index in [1.54, 1.807) is 0 Å². The van der Waals surface area contributed by atoms with Crippen molar-refractivity contribution in [2.45, 2.75) is 46.3 Å². The first kappa shape index (κ1) is 12.2. The zero-order valence-corrected chi connectivity index (χ0v) is 9.91. The third-order valence-electron chi connectivity index (χ3n) is 2.50. The number of nitrogens with zero attached hydrogens (tertiary/aromatic N) is 1. The fourth-order valence-electron chi connectivity index (χ4n) is 1.43. The molecule has 0 aliphatic carbocycles. The molecular formula is C13H22NO+. The van der Waals surface area contributed by atoms with E-state index >= 15 is 0 Å². The predicted molar refractivity (Wildman–Crippen MR) is 61.5 cm³/mol. The average molecular weight is 208 g/mol. The van der Waals surface area contributed by atoms with Crippen molar-refractivity contribution in [2.75, 3.05) is 6.61 Å². The zero-order chi connectivity index (χ0) is 10.9. The van der Waals surface area contributed by atoms with Crippen LogP contribution in [0, 0.1) is 0 Å². The fraction of sp³-hybridized carbons (Fsp3) is 0.615. The number of unbranched alkanes of at least 4 members (excludes halogenated alkanes) is 2. The van der Waals surface area contributed by atoms with Gasteiger partial charge in [-0.05, 0) is 18.4 Å². The molecule has 0 fully saturated rings. The second-order valence-corrected chi connectivity index (χ2v) is 3.82. The van der Waals surface area contributed by atoms with Gasteiger partial charge in [-0.1, -0.05) is 26.7 Å². The third kappa shape index (κ3) is 4.93. The second-order valence-electron chi connectivity index (χ2n) is 3.82. The molecular weight excluding hydrogens is 186 g/mol. The number of pyridine rings is 1. The van der Waals surface area contributed by atoms with E-state index in [0.717, 1.165) is 13.0 Å². The molecule has 1 rings (SSSR count). The van der Waals surface area contributed by atoms with Gasteiger partial charge in [-0.2, -0.15) is 4.57 Å². The molecule has 15 heavy (non-hydrogen) atoms. The highest BCUT2D eigenvalue weighted by Gasteiger charge is 1.99. The molecule has 0 bridgehead atoms. The maximum atomic E-state index is 5.56. The summed E-state index contributed by atoms with van der Waals surface area (Å²) in [6.07, 6.45) is 8.95. The SMILES string of the molecule is CCCCCOC[n+]1ccc(CC)cc1. The quantitative estimate of drug-likeness (QED) is 0.496. The van der Waals surface area contributed by atoms with Crippen molar-refractivity contribution in [1.82, 2.24) is 0 Å². The monoisotopic (exact) mass is 208 g/mol. The third-order valence-corrected chi connectivity index (χ3v) is 2.50. The van der Waals surface area contributed by atoms with Crippen molar-refractivity contribution in [3.8, 4) is 0 Å². The van der Waals surface area contributed by atoms with Crippen LogP contribution in [0.15, 0.2) is 24.5 Å². The van der Waals surface area contributed by atoms with Crippen molar-refractivity contribution in [3.05, 3.63) is 30.1 Å². The topological polar surface area (TPSA) is 13.1 Å². The van der Waals surface area contributed by atoms with Crippen LogP contribution >= 0.6 is 0 Å². The van der Waals surface area contributed by atoms with Gasteiger partial charge in [-0.15, -0.1) is 0 Å². The lowest BCUT2D eigenvalue weighted by atomic mass is 10.2. The van der Waals surface area contributed by atoms with Crippen LogP contribution in [-0.2, 0) is 17.9 Å². The molecule has 0 N–H and O–H groups in total. The fourth-order valence-corrected chi connectivity index (χ4v) is 1.43. The summed E-state index contributed by atoms with van der Waals surface area (Å²) in [5.74, 6) is 0. The molecule has 2 heteroatoms. The standard InChI is InChI=1S/C13H22NO/c1-3-5-6-11-15-12-14-9-7-13(4-2)8-10-14/h7-10H,3-6,11-12H2,1-2H3/q+1. The lowest BCUT2D eigenvalue weighted by Gasteiger charge is -2.00. The van der Waals surface area contributed by atoms with Gasteiger partial charge in [0.1, 0.15) is 0 Å². The first-order chi connectivity index (χ1) is 7.36. The molecule has 1 aromatic rings. The molecule has 0 aliphatic rings. The first-order valence-electron chi connectivity index (χ1n) is 5.92. The van der Waals surface area contributed by atoms with E-state index in [2.05, 4.69) is 42.9 Å². The van der Waals surface area contributed by atoms with Gasteiger partial charge in [0.05, 0.1) is 6.61 Å². The smallest absolute Gasteiger partial charge is 0.252 e. The molecule has 0 aliphatic heterocycles. The molecule has 1 aromatic heterocycles. The predicted octanol–water partition coefficient (Wildman–Crippen LogP) is 2.70. The van der Waals surface area contributed by atoms with Gasteiger partial charge in [-0.3, -0.25) is 0 Å². The Labute approximate surface area is 92.9 Å². The molecule has 0 unspecified atom stereocenters. The van der Waals surface area contributed by atoms with Gasteiger partial charge in [0.25, 0.3) is 6.73 Å². The summed E-state index contributed by atoms with van der Waals surface area (Å²) in [7, 11) is 0. The molecule has 0 atom stereocenters. The molecule has 0 aromatic carbocycles. The summed E-state index contributed by atoms with van der Waals surface area (Å²) in [5.41, 5.74) is 1.37. The highest BCUT2D eigenvalue weighted by atomic mass is 16.5. The lowest BCUT2D eigenvalue weighted by molar-refractivity contribution is -0.732. The minimum absolute atomic E-state index is 0.674. The largest absolute Gasteiger partial charge is 0.323 e. The Balaban J connectivity index is 2.20. The van der Waals surface area contributed by atoms with Crippen molar-refractivity contribution in [1.29, 1.82) is 0 Å². The van der Waals surface area contributed by atoms with Gasteiger partial charge in [0.15, 0.2) is 12.4 Å². The molecule has 2 nitrogen and oxygen atoms in total.